The van der Waals surface area contributed by atoms with E-state index in [1.165, 1.54) is 12.1 Å². The molecule has 0 aliphatic carbocycles. The van der Waals surface area contributed by atoms with Crippen molar-refractivity contribution < 1.29 is 4.39 Å². The van der Waals surface area contributed by atoms with Crippen LogP contribution in [-0.4, -0.2) is 5.54 Å². The van der Waals surface area contributed by atoms with Gasteiger partial charge in [-0.2, -0.15) is 5.26 Å². The maximum Gasteiger partial charge on any atom is 0.123 e. The molecule has 14 heavy (non-hydrogen) atoms. The molecule has 0 aliphatic heterocycles. The van der Waals surface area contributed by atoms with Gasteiger partial charge in [0.2, 0.25) is 0 Å². The number of benzene rings is 1. The molecular formula is C11H13FN2. The second kappa shape index (κ2) is 4.21. The number of aryl methyl sites for hydroxylation is 1. The third-order valence-electron chi connectivity index (χ3n) is 2.08. The summed E-state index contributed by atoms with van der Waals surface area (Å²) in [5.74, 6) is -0.252. The van der Waals surface area contributed by atoms with Crippen LogP contribution in [0.2, 0.25) is 0 Å². The van der Waals surface area contributed by atoms with Gasteiger partial charge in [-0.3, -0.25) is 0 Å². The summed E-state index contributed by atoms with van der Waals surface area (Å²) in [6.45, 7) is 1.67. The second-order valence-corrected chi connectivity index (χ2v) is 3.66. The number of nitrogens with two attached hydrogens (primary N) is 1. The van der Waals surface area contributed by atoms with E-state index < -0.39 is 5.54 Å². The lowest BCUT2D eigenvalue weighted by molar-refractivity contribution is 0.544. The summed E-state index contributed by atoms with van der Waals surface area (Å²) < 4.78 is 12.8. The molecule has 0 saturated heterocycles. The fourth-order valence-corrected chi connectivity index (χ4v) is 1.15. The minimum Gasteiger partial charge on any atom is -0.314 e. The summed E-state index contributed by atoms with van der Waals surface area (Å²) in [5, 5.41) is 8.68. The van der Waals surface area contributed by atoms with E-state index in [-0.39, 0.29) is 5.82 Å². The number of hydrogen-bond acceptors (Lipinski definition) is 2. The fourth-order valence-electron chi connectivity index (χ4n) is 1.15. The van der Waals surface area contributed by atoms with Gasteiger partial charge in [-0.05, 0) is 37.5 Å². The van der Waals surface area contributed by atoms with Crippen LogP contribution < -0.4 is 5.73 Å². The van der Waals surface area contributed by atoms with E-state index in [1.807, 2.05) is 12.1 Å². The molecule has 1 aromatic carbocycles. The van der Waals surface area contributed by atoms with Crippen molar-refractivity contribution in [2.24, 2.45) is 5.73 Å². The number of hydrogen-bond donors (Lipinski definition) is 1. The molecule has 1 rings (SSSR count). The van der Waals surface area contributed by atoms with Crippen LogP contribution in [0.3, 0.4) is 0 Å². The lowest BCUT2D eigenvalue weighted by atomic mass is 9.96. The first kappa shape index (κ1) is 10.7. The molecule has 0 bridgehead atoms. The SMILES string of the molecule is CC(N)(C#N)CCc1cccc(F)c1. The Balaban J connectivity index is 2.59. The third-order valence-corrected chi connectivity index (χ3v) is 2.08. The van der Waals surface area contributed by atoms with E-state index >= 15 is 0 Å². The monoisotopic (exact) mass is 192 g/mol. The predicted octanol–water partition coefficient (Wildman–Crippen LogP) is 2.00. The van der Waals surface area contributed by atoms with Gasteiger partial charge in [-0.15, -0.1) is 0 Å². The van der Waals surface area contributed by atoms with Gasteiger partial charge in [0.25, 0.3) is 0 Å². The Morgan fingerprint density at radius 1 is 1.57 bits per heavy atom. The van der Waals surface area contributed by atoms with Crippen LogP contribution in [0.1, 0.15) is 18.9 Å². The van der Waals surface area contributed by atoms with Crippen LogP contribution in [0, 0.1) is 17.1 Å². The maximum absolute atomic E-state index is 12.8. The van der Waals surface area contributed by atoms with E-state index in [9.17, 15) is 4.39 Å². The summed E-state index contributed by atoms with van der Waals surface area (Å²) in [4.78, 5) is 0. The highest BCUT2D eigenvalue weighted by atomic mass is 19.1. The molecule has 74 valence electrons. The molecule has 0 radical (unpaired) electrons. The lowest BCUT2D eigenvalue weighted by Crippen LogP contribution is -2.34. The first-order chi connectivity index (χ1) is 6.53. The molecule has 2 nitrogen and oxygen atoms in total. The molecule has 0 heterocycles. The van der Waals surface area contributed by atoms with Crippen LogP contribution in [-0.2, 0) is 6.42 Å². The van der Waals surface area contributed by atoms with Crippen molar-refractivity contribution in [2.45, 2.75) is 25.3 Å². The van der Waals surface area contributed by atoms with E-state index in [2.05, 4.69) is 0 Å². The normalized spacial score (nSPS) is 14.4. The number of halogens is 1. The molecular weight excluding hydrogens is 179 g/mol. The Bertz CT molecular complexity index is 353. The minimum absolute atomic E-state index is 0.252. The molecule has 0 fully saturated rings. The third kappa shape index (κ3) is 3.15. The van der Waals surface area contributed by atoms with Gasteiger partial charge in [0, 0.05) is 0 Å². The van der Waals surface area contributed by atoms with Gasteiger partial charge in [0.1, 0.15) is 11.4 Å². The average molecular weight is 192 g/mol. The molecule has 0 spiro atoms. The highest BCUT2D eigenvalue weighted by molar-refractivity contribution is 5.17. The highest BCUT2D eigenvalue weighted by Gasteiger charge is 2.16. The van der Waals surface area contributed by atoms with Crippen molar-refractivity contribution in [1.82, 2.24) is 0 Å². The summed E-state index contributed by atoms with van der Waals surface area (Å²) in [6.07, 6.45) is 1.16. The first-order valence-corrected chi connectivity index (χ1v) is 4.48. The summed E-state index contributed by atoms with van der Waals surface area (Å²) >= 11 is 0. The predicted molar refractivity (Wildman–Crippen MR) is 52.9 cm³/mol. The van der Waals surface area contributed by atoms with Gasteiger partial charge in [0.15, 0.2) is 0 Å². The molecule has 0 aromatic heterocycles. The standard InChI is InChI=1S/C11H13FN2/c1-11(14,8-13)6-5-9-3-2-4-10(12)7-9/h2-4,7H,5-6,14H2,1H3. The van der Waals surface area contributed by atoms with Crippen LogP contribution in [0.25, 0.3) is 0 Å². The number of rotatable bonds is 3. The smallest absolute Gasteiger partial charge is 0.123 e. The second-order valence-electron chi connectivity index (χ2n) is 3.66. The Kier molecular flexibility index (Phi) is 3.21. The highest BCUT2D eigenvalue weighted by Crippen LogP contribution is 2.11. The van der Waals surface area contributed by atoms with E-state index in [1.54, 1.807) is 13.0 Å². The molecule has 1 aromatic rings. The zero-order chi connectivity index (χ0) is 10.6. The largest absolute Gasteiger partial charge is 0.314 e. The Morgan fingerprint density at radius 2 is 2.29 bits per heavy atom. The summed E-state index contributed by atoms with van der Waals surface area (Å²) in [7, 11) is 0. The Hall–Kier alpha value is -1.40. The molecule has 1 atom stereocenters. The zero-order valence-corrected chi connectivity index (χ0v) is 8.13. The van der Waals surface area contributed by atoms with Gasteiger partial charge >= 0.3 is 0 Å². The van der Waals surface area contributed by atoms with Crippen molar-refractivity contribution in [1.29, 1.82) is 5.26 Å². The molecule has 0 aliphatic rings. The van der Waals surface area contributed by atoms with Crippen LogP contribution in [0.15, 0.2) is 24.3 Å². The van der Waals surface area contributed by atoms with Gasteiger partial charge < -0.3 is 5.73 Å². The van der Waals surface area contributed by atoms with Crippen molar-refractivity contribution in [3.63, 3.8) is 0 Å². The van der Waals surface area contributed by atoms with Crippen molar-refractivity contribution in [3.05, 3.63) is 35.6 Å². The average Bonchev–Trinajstić information content (AvgIpc) is 2.15. The molecule has 1 unspecified atom stereocenters. The van der Waals surface area contributed by atoms with Gasteiger partial charge in [-0.1, -0.05) is 12.1 Å². The minimum atomic E-state index is -0.827. The molecule has 2 N–H and O–H groups in total. The van der Waals surface area contributed by atoms with Crippen molar-refractivity contribution in [3.8, 4) is 6.07 Å². The molecule has 3 heteroatoms. The lowest BCUT2D eigenvalue weighted by Gasteiger charge is -2.14. The number of nitrogens with zero attached hydrogens (tertiary/aromatic N) is 1. The summed E-state index contributed by atoms with van der Waals surface area (Å²) in [5.41, 5.74) is 5.69. The van der Waals surface area contributed by atoms with Crippen molar-refractivity contribution in [2.75, 3.05) is 0 Å². The topological polar surface area (TPSA) is 49.8 Å². The van der Waals surface area contributed by atoms with Crippen LogP contribution in [0.4, 0.5) is 4.39 Å². The van der Waals surface area contributed by atoms with E-state index in [0.717, 1.165) is 5.56 Å². The summed E-state index contributed by atoms with van der Waals surface area (Å²) in [6, 6.07) is 8.36. The Morgan fingerprint density at radius 3 is 2.86 bits per heavy atom. The van der Waals surface area contributed by atoms with Gasteiger partial charge in [-0.25, -0.2) is 4.39 Å². The first-order valence-electron chi connectivity index (χ1n) is 4.48. The number of nitriles is 1. The van der Waals surface area contributed by atoms with Crippen LogP contribution >= 0.6 is 0 Å². The Labute approximate surface area is 83.2 Å². The quantitative estimate of drug-likeness (QED) is 0.796. The maximum atomic E-state index is 12.8. The van der Waals surface area contributed by atoms with E-state index in [4.69, 9.17) is 11.0 Å². The van der Waals surface area contributed by atoms with E-state index in [0.29, 0.717) is 12.8 Å². The molecule has 0 amide bonds. The van der Waals surface area contributed by atoms with Crippen LogP contribution in [0.5, 0.6) is 0 Å². The fraction of sp³-hybridized carbons (Fsp3) is 0.364. The van der Waals surface area contributed by atoms with Crippen molar-refractivity contribution >= 4 is 0 Å². The zero-order valence-electron chi connectivity index (χ0n) is 8.13. The molecule has 0 saturated carbocycles. The van der Waals surface area contributed by atoms with Gasteiger partial charge in [0.05, 0.1) is 6.07 Å².